The van der Waals surface area contributed by atoms with Gasteiger partial charge in [-0.05, 0) is 12.8 Å². The average molecular weight is 223 g/mol. The number of hydrogen-bond donors (Lipinski definition) is 0. The number of halogens is 1. The van der Waals surface area contributed by atoms with E-state index in [-0.39, 0.29) is 24.0 Å². The van der Waals surface area contributed by atoms with E-state index in [2.05, 4.69) is 9.97 Å². The standard InChI is InChI=1S/C11H14FN3O/c1-2-9-10(12)11(14-7-13-9)15-5-3-4-8(16)6-15/h7H,2-6H2,1H3. The third-order valence-electron chi connectivity index (χ3n) is 2.73. The van der Waals surface area contributed by atoms with Gasteiger partial charge in [-0.1, -0.05) is 6.92 Å². The van der Waals surface area contributed by atoms with E-state index in [1.807, 2.05) is 6.92 Å². The van der Waals surface area contributed by atoms with Crippen molar-refractivity contribution >= 4 is 11.6 Å². The molecule has 0 amide bonds. The lowest BCUT2D eigenvalue weighted by atomic mass is 10.1. The first kappa shape index (κ1) is 11.0. The molecule has 5 heteroatoms. The second-order valence-corrected chi connectivity index (χ2v) is 3.88. The molecule has 0 aliphatic carbocycles. The molecule has 0 saturated carbocycles. The van der Waals surface area contributed by atoms with Crippen LogP contribution >= 0.6 is 0 Å². The predicted octanol–water partition coefficient (Wildman–Crippen LogP) is 1.35. The minimum Gasteiger partial charge on any atom is -0.347 e. The lowest BCUT2D eigenvalue weighted by Gasteiger charge is -2.27. The highest BCUT2D eigenvalue weighted by molar-refractivity contribution is 5.84. The highest BCUT2D eigenvalue weighted by atomic mass is 19.1. The summed E-state index contributed by atoms with van der Waals surface area (Å²) in [6.45, 7) is 2.79. The monoisotopic (exact) mass is 223 g/mol. The van der Waals surface area contributed by atoms with Gasteiger partial charge in [0.2, 0.25) is 0 Å². The molecule has 1 aromatic rings. The van der Waals surface area contributed by atoms with Gasteiger partial charge in [-0.25, -0.2) is 14.4 Å². The Bertz CT molecular complexity index is 408. The van der Waals surface area contributed by atoms with Crippen molar-refractivity contribution in [2.45, 2.75) is 26.2 Å². The van der Waals surface area contributed by atoms with Gasteiger partial charge in [0.05, 0.1) is 12.2 Å². The molecular formula is C11H14FN3O. The summed E-state index contributed by atoms with van der Waals surface area (Å²) in [5.74, 6) is 0.0157. The molecule has 4 nitrogen and oxygen atoms in total. The van der Waals surface area contributed by atoms with Gasteiger partial charge in [0.25, 0.3) is 0 Å². The Hall–Kier alpha value is -1.52. The van der Waals surface area contributed by atoms with E-state index >= 15 is 0 Å². The third kappa shape index (κ3) is 2.03. The number of piperidine rings is 1. The molecule has 1 aromatic heterocycles. The summed E-state index contributed by atoms with van der Waals surface area (Å²) in [5, 5.41) is 0. The van der Waals surface area contributed by atoms with Crippen LogP contribution in [-0.4, -0.2) is 28.8 Å². The largest absolute Gasteiger partial charge is 0.347 e. The zero-order chi connectivity index (χ0) is 11.5. The van der Waals surface area contributed by atoms with E-state index in [0.717, 1.165) is 6.42 Å². The van der Waals surface area contributed by atoms with E-state index in [9.17, 15) is 9.18 Å². The van der Waals surface area contributed by atoms with Crippen molar-refractivity contribution in [3.05, 3.63) is 17.8 Å². The zero-order valence-corrected chi connectivity index (χ0v) is 9.24. The summed E-state index contributed by atoms with van der Waals surface area (Å²) >= 11 is 0. The fourth-order valence-corrected chi connectivity index (χ4v) is 1.88. The van der Waals surface area contributed by atoms with Crippen LogP contribution in [0.25, 0.3) is 0 Å². The van der Waals surface area contributed by atoms with Gasteiger partial charge in [0.1, 0.15) is 6.33 Å². The molecular weight excluding hydrogens is 209 g/mol. The Morgan fingerprint density at radius 2 is 2.31 bits per heavy atom. The summed E-state index contributed by atoms with van der Waals surface area (Å²) in [6.07, 6.45) is 3.24. The highest BCUT2D eigenvalue weighted by Gasteiger charge is 2.22. The van der Waals surface area contributed by atoms with Gasteiger partial charge in [0.15, 0.2) is 17.4 Å². The summed E-state index contributed by atoms with van der Waals surface area (Å²) in [7, 11) is 0. The molecule has 0 N–H and O–H groups in total. The summed E-state index contributed by atoms with van der Waals surface area (Å²) in [6, 6.07) is 0. The molecule has 0 aromatic carbocycles. The SMILES string of the molecule is CCc1ncnc(N2CCCC(=O)C2)c1F. The minimum atomic E-state index is -0.389. The van der Waals surface area contributed by atoms with E-state index in [1.165, 1.54) is 6.33 Å². The second-order valence-electron chi connectivity index (χ2n) is 3.88. The number of nitrogens with zero attached hydrogens (tertiary/aromatic N) is 3. The minimum absolute atomic E-state index is 0.141. The molecule has 0 radical (unpaired) electrons. The predicted molar refractivity (Wildman–Crippen MR) is 57.8 cm³/mol. The molecule has 1 saturated heterocycles. The smallest absolute Gasteiger partial charge is 0.187 e. The van der Waals surface area contributed by atoms with Crippen LogP contribution < -0.4 is 4.90 Å². The van der Waals surface area contributed by atoms with Crippen LogP contribution in [0.5, 0.6) is 0 Å². The highest BCUT2D eigenvalue weighted by Crippen LogP contribution is 2.20. The number of rotatable bonds is 2. The first-order valence-electron chi connectivity index (χ1n) is 5.48. The zero-order valence-electron chi connectivity index (χ0n) is 9.24. The number of anilines is 1. The fraction of sp³-hybridized carbons (Fsp3) is 0.545. The summed E-state index contributed by atoms with van der Waals surface area (Å²) in [5.41, 5.74) is 0.406. The number of hydrogen-bond acceptors (Lipinski definition) is 4. The summed E-state index contributed by atoms with van der Waals surface area (Å²) in [4.78, 5) is 20.8. The van der Waals surface area contributed by atoms with E-state index < -0.39 is 0 Å². The fourth-order valence-electron chi connectivity index (χ4n) is 1.88. The van der Waals surface area contributed by atoms with Gasteiger partial charge in [-0.15, -0.1) is 0 Å². The maximum absolute atomic E-state index is 13.9. The van der Waals surface area contributed by atoms with Crippen molar-refractivity contribution in [3.63, 3.8) is 0 Å². The molecule has 1 fully saturated rings. The van der Waals surface area contributed by atoms with Crippen LogP contribution in [0.4, 0.5) is 10.2 Å². The molecule has 0 bridgehead atoms. The number of carbonyl (C=O) groups is 1. The maximum Gasteiger partial charge on any atom is 0.187 e. The van der Waals surface area contributed by atoms with E-state index in [0.29, 0.717) is 25.1 Å². The second kappa shape index (κ2) is 4.55. The van der Waals surface area contributed by atoms with Crippen LogP contribution in [0.15, 0.2) is 6.33 Å². The van der Waals surface area contributed by atoms with Crippen LogP contribution in [0.3, 0.4) is 0 Å². The van der Waals surface area contributed by atoms with E-state index in [4.69, 9.17) is 0 Å². The Balaban J connectivity index is 2.29. The first-order chi connectivity index (χ1) is 7.72. The Kier molecular flexibility index (Phi) is 3.12. The van der Waals surface area contributed by atoms with Crippen molar-refractivity contribution in [1.29, 1.82) is 0 Å². The number of carbonyl (C=O) groups excluding carboxylic acids is 1. The van der Waals surface area contributed by atoms with Crippen LogP contribution in [0, 0.1) is 5.82 Å². The quantitative estimate of drug-likeness (QED) is 0.759. The molecule has 0 atom stereocenters. The number of Topliss-reactive ketones (excluding diaryl/α,β-unsaturated/α-hetero) is 1. The van der Waals surface area contributed by atoms with Crippen molar-refractivity contribution < 1.29 is 9.18 Å². The van der Waals surface area contributed by atoms with Gasteiger partial charge in [0, 0.05) is 13.0 Å². The summed E-state index contributed by atoms with van der Waals surface area (Å²) < 4.78 is 13.9. The van der Waals surface area contributed by atoms with E-state index in [1.54, 1.807) is 4.90 Å². The molecule has 0 unspecified atom stereocenters. The Labute approximate surface area is 93.5 Å². The Morgan fingerprint density at radius 1 is 1.50 bits per heavy atom. The molecule has 2 heterocycles. The number of aryl methyl sites for hydroxylation is 1. The average Bonchev–Trinajstić information content (AvgIpc) is 2.29. The Morgan fingerprint density at radius 3 is 3.00 bits per heavy atom. The van der Waals surface area contributed by atoms with Crippen LogP contribution in [0.1, 0.15) is 25.5 Å². The van der Waals surface area contributed by atoms with Gasteiger partial charge >= 0.3 is 0 Å². The molecule has 1 aliphatic rings. The van der Waals surface area contributed by atoms with Crippen molar-refractivity contribution in [2.24, 2.45) is 0 Å². The molecule has 86 valence electrons. The molecule has 16 heavy (non-hydrogen) atoms. The first-order valence-corrected chi connectivity index (χ1v) is 5.48. The van der Waals surface area contributed by atoms with Crippen molar-refractivity contribution in [3.8, 4) is 0 Å². The van der Waals surface area contributed by atoms with Gasteiger partial charge in [-0.2, -0.15) is 0 Å². The number of ketones is 1. The van der Waals surface area contributed by atoms with Crippen LogP contribution in [0.2, 0.25) is 0 Å². The topological polar surface area (TPSA) is 46.1 Å². The van der Waals surface area contributed by atoms with Gasteiger partial charge in [-0.3, -0.25) is 4.79 Å². The lowest BCUT2D eigenvalue weighted by molar-refractivity contribution is -0.118. The van der Waals surface area contributed by atoms with Crippen molar-refractivity contribution in [2.75, 3.05) is 18.0 Å². The lowest BCUT2D eigenvalue weighted by Crippen LogP contribution is -2.36. The van der Waals surface area contributed by atoms with Crippen LogP contribution in [-0.2, 0) is 11.2 Å². The number of aromatic nitrogens is 2. The normalized spacial score (nSPS) is 16.6. The van der Waals surface area contributed by atoms with Gasteiger partial charge < -0.3 is 4.90 Å². The molecule has 1 aliphatic heterocycles. The maximum atomic E-state index is 13.9. The molecule has 0 spiro atoms. The van der Waals surface area contributed by atoms with Crippen molar-refractivity contribution in [1.82, 2.24) is 9.97 Å². The third-order valence-corrected chi connectivity index (χ3v) is 2.73. The molecule has 2 rings (SSSR count).